The smallest absolute Gasteiger partial charge is 0.283 e. The molecule has 1 aromatic carbocycles. The van der Waals surface area contributed by atoms with Crippen molar-refractivity contribution in [2.24, 2.45) is 0 Å². The van der Waals surface area contributed by atoms with Crippen molar-refractivity contribution in [3.05, 3.63) is 30.6 Å². The Labute approximate surface area is 153 Å². The van der Waals surface area contributed by atoms with Crippen LogP contribution >= 0.6 is 11.8 Å². The molecule has 2 amide bonds. The highest BCUT2D eigenvalue weighted by atomic mass is 32.2. The lowest BCUT2D eigenvalue weighted by Crippen LogP contribution is -2.51. The van der Waals surface area contributed by atoms with Gasteiger partial charge in [-0.05, 0) is 25.0 Å². The number of nitrogens with one attached hydrogen (secondary N) is 2. The highest BCUT2D eigenvalue weighted by Gasteiger charge is 2.28. The van der Waals surface area contributed by atoms with Gasteiger partial charge >= 0.3 is 0 Å². The average Bonchev–Trinajstić information content (AvgIpc) is 3.41. The molecule has 2 aliphatic rings. The van der Waals surface area contributed by atoms with E-state index < -0.39 is 12.0 Å². The summed E-state index contributed by atoms with van der Waals surface area (Å²) in [5.41, 5.74) is 4.74. The molecule has 1 fully saturated rings. The van der Waals surface area contributed by atoms with Crippen LogP contribution in [0.2, 0.25) is 0 Å². The van der Waals surface area contributed by atoms with Gasteiger partial charge in [-0.1, -0.05) is 23.9 Å². The second-order valence-electron chi connectivity index (χ2n) is 5.94. The van der Waals surface area contributed by atoms with Gasteiger partial charge in [0.15, 0.2) is 16.7 Å². The zero-order chi connectivity index (χ0) is 17.9. The number of carbonyl (C=O) groups is 2. The first-order valence-electron chi connectivity index (χ1n) is 8.20. The zero-order valence-corrected chi connectivity index (χ0v) is 14.6. The molecular formula is C16H17N5O4S. The predicted molar refractivity (Wildman–Crippen MR) is 91.7 cm³/mol. The number of aromatic nitrogens is 3. The number of ether oxygens (including phenoxy) is 2. The van der Waals surface area contributed by atoms with Gasteiger partial charge in [0.2, 0.25) is 12.0 Å². The van der Waals surface area contributed by atoms with Gasteiger partial charge in [0.1, 0.15) is 12.9 Å². The molecular weight excluding hydrogens is 358 g/mol. The van der Waals surface area contributed by atoms with E-state index in [0.717, 1.165) is 12.8 Å². The van der Waals surface area contributed by atoms with Gasteiger partial charge in [-0.25, -0.2) is 0 Å². The largest absolute Gasteiger partial charge is 0.485 e. The molecule has 1 aromatic heterocycles. The summed E-state index contributed by atoms with van der Waals surface area (Å²) in [7, 11) is 0. The monoisotopic (exact) mass is 375 g/mol. The third-order valence-electron chi connectivity index (χ3n) is 3.94. The van der Waals surface area contributed by atoms with Crippen molar-refractivity contribution in [1.29, 1.82) is 0 Å². The Kier molecular flexibility index (Phi) is 4.65. The average molecular weight is 375 g/mol. The number of hydrogen-bond acceptors (Lipinski definition) is 7. The highest BCUT2D eigenvalue weighted by Crippen LogP contribution is 2.37. The van der Waals surface area contributed by atoms with Crippen molar-refractivity contribution >= 4 is 23.6 Å². The fourth-order valence-electron chi connectivity index (χ4n) is 2.47. The maximum absolute atomic E-state index is 12.1. The number of rotatable bonds is 5. The molecule has 0 saturated heterocycles. The summed E-state index contributed by atoms with van der Waals surface area (Å²) < 4.78 is 13.0. The maximum atomic E-state index is 12.1. The Bertz CT molecular complexity index is 822. The van der Waals surface area contributed by atoms with E-state index in [1.807, 2.05) is 10.6 Å². The zero-order valence-electron chi connectivity index (χ0n) is 13.8. The second kappa shape index (κ2) is 7.24. The standard InChI is InChI=1S/C16H17N5O4S/c22-14(8-26-16-20-17-9-21(16)10-5-6-10)18-19-15(23)13-7-24-11-3-1-2-4-12(11)25-13/h1-4,9-10,13H,5-8H2,(H,18,22)(H,19,23). The van der Waals surface area contributed by atoms with Crippen LogP contribution < -0.4 is 20.3 Å². The van der Waals surface area contributed by atoms with Gasteiger partial charge in [-0.2, -0.15) is 0 Å². The van der Waals surface area contributed by atoms with E-state index in [0.29, 0.717) is 22.7 Å². The Morgan fingerprint density at radius 3 is 2.85 bits per heavy atom. The summed E-state index contributed by atoms with van der Waals surface area (Å²) in [5, 5.41) is 8.59. The first-order chi connectivity index (χ1) is 12.7. The topological polar surface area (TPSA) is 107 Å². The second-order valence-corrected chi connectivity index (χ2v) is 6.88. The van der Waals surface area contributed by atoms with E-state index >= 15 is 0 Å². The molecule has 0 bridgehead atoms. The SMILES string of the molecule is O=C(CSc1nncn1C1CC1)NNC(=O)C1COc2ccccc2O1. The Morgan fingerprint density at radius 1 is 1.23 bits per heavy atom. The van der Waals surface area contributed by atoms with E-state index in [1.165, 1.54) is 11.8 Å². The molecule has 2 N–H and O–H groups in total. The van der Waals surface area contributed by atoms with E-state index in [2.05, 4.69) is 21.0 Å². The van der Waals surface area contributed by atoms with Crippen molar-refractivity contribution in [1.82, 2.24) is 25.6 Å². The third-order valence-corrected chi connectivity index (χ3v) is 4.90. The molecule has 0 spiro atoms. The molecule has 1 saturated carbocycles. The number of benzene rings is 1. The van der Waals surface area contributed by atoms with Gasteiger partial charge in [0, 0.05) is 6.04 Å². The number of hydrazine groups is 1. The molecule has 1 atom stereocenters. The van der Waals surface area contributed by atoms with Crippen LogP contribution in [0.4, 0.5) is 0 Å². The van der Waals surface area contributed by atoms with Gasteiger partial charge in [0.05, 0.1) is 5.75 Å². The molecule has 9 nitrogen and oxygen atoms in total. The fraction of sp³-hybridized carbons (Fsp3) is 0.375. The van der Waals surface area contributed by atoms with Crippen molar-refractivity contribution in [2.75, 3.05) is 12.4 Å². The quantitative estimate of drug-likeness (QED) is 0.585. The van der Waals surface area contributed by atoms with Gasteiger partial charge in [0.25, 0.3) is 5.91 Å². The number of nitrogens with zero attached hydrogens (tertiary/aromatic N) is 3. The van der Waals surface area contributed by atoms with Crippen LogP contribution in [0.3, 0.4) is 0 Å². The summed E-state index contributed by atoms with van der Waals surface area (Å²) >= 11 is 1.28. The number of thioether (sulfide) groups is 1. The molecule has 2 aromatic rings. The van der Waals surface area contributed by atoms with Crippen molar-refractivity contribution in [3.63, 3.8) is 0 Å². The fourth-order valence-corrected chi connectivity index (χ4v) is 3.25. The van der Waals surface area contributed by atoms with Crippen LogP contribution in [0, 0.1) is 0 Å². The molecule has 1 aliphatic heterocycles. The molecule has 10 heteroatoms. The highest BCUT2D eigenvalue weighted by molar-refractivity contribution is 7.99. The van der Waals surface area contributed by atoms with Crippen LogP contribution in [0.5, 0.6) is 11.5 Å². The first-order valence-corrected chi connectivity index (χ1v) is 9.19. The molecule has 26 heavy (non-hydrogen) atoms. The van der Waals surface area contributed by atoms with E-state index in [9.17, 15) is 9.59 Å². The van der Waals surface area contributed by atoms with Crippen molar-refractivity contribution < 1.29 is 19.1 Å². The van der Waals surface area contributed by atoms with Crippen LogP contribution in [0.25, 0.3) is 0 Å². The van der Waals surface area contributed by atoms with Crippen LogP contribution in [-0.2, 0) is 9.59 Å². The minimum atomic E-state index is -0.823. The lowest BCUT2D eigenvalue weighted by molar-refractivity contribution is -0.134. The minimum Gasteiger partial charge on any atom is -0.485 e. The molecule has 1 unspecified atom stereocenters. The summed E-state index contributed by atoms with van der Waals surface area (Å²) in [6, 6.07) is 7.55. The number of para-hydroxylation sites is 2. The summed E-state index contributed by atoms with van der Waals surface area (Å²) in [5.74, 6) is 0.401. The number of amides is 2. The normalized spacial score (nSPS) is 18.2. The molecule has 4 rings (SSSR count). The summed E-state index contributed by atoms with van der Waals surface area (Å²) in [4.78, 5) is 24.1. The molecule has 1 aliphatic carbocycles. The molecule has 0 radical (unpaired) electrons. The van der Waals surface area contributed by atoms with Gasteiger partial charge in [-0.15, -0.1) is 10.2 Å². The minimum absolute atomic E-state index is 0.0813. The maximum Gasteiger partial charge on any atom is 0.283 e. The van der Waals surface area contributed by atoms with E-state index in [4.69, 9.17) is 9.47 Å². The Balaban J connectivity index is 1.23. The number of fused-ring (bicyclic) bond motifs is 1. The number of carbonyl (C=O) groups excluding carboxylic acids is 2. The van der Waals surface area contributed by atoms with Gasteiger partial charge < -0.3 is 14.0 Å². The van der Waals surface area contributed by atoms with Gasteiger partial charge in [-0.3, -0.25) is 20.4 Å². The predicted octanol–water partition coefficient (Wildman–Crippen LogP) is 0.693. The lowest BCUT2D eigenvalue weighted by Gasteiger charge is -2.25. The van der Waals surface area contributed by atoms with E-state index in [-0.39, 0.29) is 18.3 Å². The Morgan fingerprint density at radius 2 is 2.04 bits per heavy atom. The van der Waals surface area contributed by atoms with Crippen molar-refractivity contribution in [2.45, 2.75) is 30.1 Å². The van der Waals surface area contributed by atoms with Crippen LogP contribution in [0.1, 0.15) is 18.9 Å². The summed E-state index contributed by atoms with van der Waals surface area (Å²) in [6.45, 7) is 0.0813. The van der Waals surface area contributed by atoms with Crippen LogP contribution in [0.15, 0.2) is 35.7 Å². The van der Waals surface area contributed by atoms with E-state index in [1.54, 1.807) is 24.5 Å². The molecule has 136 valence electrons. The molecule has 2 heterocycles. The number of hydrogen-bond donors (Lipinski definition) is 2. The first kappa shape index (κ1) is 16.7. The van der Waals surface area contributed by atoms with Crippen LogP contribution in [-0.4, -0.2) is 45.0 Å². The summed E-state index contributed by atoms with van der Waals surface area (Å²) in [6.07, 6.45) is 3.08. The lowest BCUT2D eigenvalue weighted by atomic mass is 10.2. The van der Waals surface area contributed by atoms with Crippen molar-refractivity contribution in [3.8, 4) is 11.5 Å². The Hall–Kier alpha value is -2.75. The third kappa shape index (κ3) is 3.74.